The molecule has 13 heteroatoms. The second-order valence-corrected chi connectivity index (χ2v) is 6.80. The maximum Gasteiger partial charge on any atom is 0.490 e. The first-order valence-corrected chi connectivity index (χ1v) is 8.95. The van der Waals surface area contributed by atoms with Gasteiger partial charge >= 0.3 is 17.8 Å². The van der Waals surface area contributed by atoms with E-state index in [-0.39, 0.29) is 25.0 Å². The van der Waals surface area contributed by atoms with Crippen LogP contribution in [0.5, 0.6) is 0 Å². The van der Waals surface area contributed by atoms with E-state index in [0.29, 0.717) is 10.4 Å². The van der Waals surface area contributed by atoms with Gasteiger partial charge in [-0.15, -0.1) is 11.3 Å². The number of nitrogens with one attached hydrogen (secondary N) is 2. The van der Waals surface area contributed by atoms with E-state index >= 15 is 0 Å². The van der Waals surface area contributed by atoms with Crippen LogP contribution < -0.4 is 22.3 Å². The van der Waals surface area contributed by atoms with E-state index in [1.807, 2.05) is 13.8 Å². The first-order chi connectivity index (χ1) is 13.4. The fraction of sp³-hybridized carbons (Fsp3) is 0.375. The molecule has 9 nitrogen and oxygen atoms in total. The highest BCUT2D eigenvalue weighted by Crippen LogP contribution is 2.16. The first-order valence-electron chi connectivity index (χ1n) is 8.07. The van der Waals surface area contributed by atoms with Gasteiger partial charge in [-0.25, -0.2) is 9.59 Å². The number of H-pyrrole nitrogens is 1. The lowest BCUT2D eigenvalue weighted by Crippen LogP contribution is -2.35. The minimum atomic E-state index is -5.08. The van der Waals surface area contributed by atoms with E-state index < -0.39 is 23.4 Å². The summed E-state index contributed by atoms with van der Waals surface area (Å²) < 4.78 is 33.2. The summed E-state index contributed by atoms with van der Waals surface area (Å²) in [5.41, 5.74) is 5.71. The third kappa shape index (κ3) is 6.87. The van der Waals surface area contributed by atoms with E-state index in [2.05, 4.69) is 10.3 Å². The minimum absolute atomic E-state index is 0.0447. The molecule has 0 aromatic carbocycles. The summed E-state index contributed by atoms with van der Waals surface area (Å²) in [4.78, 5) is 47.3. The number of nitrogens with zero attached hydrogens (tertiary/aromatic N) is 1. The van der Waals surface area contributed by atoms with Crippen molar-refractivity contribution >= 4 is 23.2 Å². The van der Waals surface area contributed by atoms with Crippen LogP contribution in [0.2, 0.25) is 0 Å². The van der Waals surface area contributed by atoms with Crippen LogP contribution >= 0.6 is 11.3 Å². The molecular formula is C16H19F3N4O5S. The second-order valence-electron chi connectivity index (χ2n) is 5.88. The smallest absolute Gasteiger partial charge is 0.475 e. The summed E-state index contributed by atoms with van der Waals surface area (Å²) in [5, 5.41) is 11.6. The van der Waals surface area contributed by atoms with Crippen molar-refractivity contribution in [3.8, 4) is 0 Å². The number of alkyl halides is 3. The fourth-order valence-electron chi connectivity index (χ4n) is 1.99. The zero-order valence-corrected chi connectivity index (χ0v) is 16.2. The Morgan fingerprint density at radius 2 is 1.90 bits per heavy atom. The molecule has 0 spiro atoms. The summed E-state index contributed by atoms with van der Waals surface area (Å²) in [7, 11) is 0. The number of aromatic amines is 1. The number of hydrogen-bond acceptors (Lipinski definition) is 6. The van der Waals surface area contributed by atoms with Gasteiger partial charge in [-0.2, -0.15) is 13.2 Å². The van der Waals surface area contributed by atoms with Crippen molar-refractivity contribution in [2.24, 2.45) is 5.73 Å². The van der Waals surface area contributed by atoms with Crippen molar-refractivity contribution in [3.63, 3.8) is 0 Å². The van der Waals surface area contributed by atoms with E-state index in [9.17, 15) is 27.6 Å². The van der Waals surface area contributed by atoms with Crippen LogP contribution in [-0.4, -0.2) is 32.7 Å². The average Bonchev–Trinajstić information content (AvgIpc) is 3.09. The molecule has 0 aliphatic heterocycles. The van der Waals surface area contributed by atoms with Gasteiger partial charge < -0.3 is 16.2 Å². The molecule has 1 amide bonds. The van der Waals surface area contributed by atoms with Gasteiger partial charge in [0.1, 0.15) is 0 Å². The standard InChI is InChI=1S/C14H18N4O3S.C2HF3O2/c1-8(2)18-7-10(12(19)17-14(18)21)6-16-13(20)11-9(5-15)3-4-22-11;3-2(4,5)1(6)7/h3-4,7-8H,5-6,15H2,1-2H3,(H,16,20)(H,17,19,21);(H,6,7). The number of carboxylic acid groups (broad SMARTS) is 1. The number of nitrogens with two attached hydrogens (primary N) is 1. The minimum Gasteiger partial charge on any atom is -0.475 e. The van der Waals surface area contributed by atoms with Crippen molar-refractivity contribution in [1.29, 1.82) is 0 Å². The molecule has 0 atom stereocenters. The van der Waals surface area contributed by atoms with E-state index in [1.165, 1.54) is 22.1 Å². The van der Waals surface area contributed by atoms with Crippen LogP contribution in [0.25, 0.3) is 0 Å². The van der Waals surface area contributed by atoms with Gasteiger partial charge in [0.15, 0.2) is 0 Å². The lowest BCUT2D eigenvalue weighted by Gasteiger charge is -2.11. The van der Waals surface area contributed by atoms with Crippen molar-refractivity contribution in [3.05, 3.63) is 54.5 Å². The fourth-order valence-corrected chi connectivity index (χ4v) is 2.84. The molecule has 0 aliphatic carbocycles. The van der Waals surface area contributed by atoms with Crippen LogP contribution in [0.1, 0.15) is 40.7 Å². The average molecular weight is 436 g/mol. The van der Waals surface area contributed by atoms with Gasteiger partial charge in [-0.1, -0.05) is 0 Å². The Labute approximate surface area is 166 Å². The Balaban J connectivity index is 0.000000516. The van der Waals surface area contributed by atoms with Crippen LogP contribution in [-0.2, 0) is 17.9 Å². The van der Waals surface area contributed by atoms with Crippen LogP contribution in [0.15, 0.2) is 27.2 Å². The van der Waals surface area contributed by atoms with E-state index in [1.54, 1.807) is 11.4 Å². The summed E-state index contributed by atoms with van der Waals surface area (Å²) in [6.07, 6.45) is -3.61. The van der Waals surface area contributed by atoms with Crippen molar-refractivity contribution < 1.29 is 27.9 Å². The van der Waals surface area contributed by atoms with Gasteiger partial charge in [0, 0.05) is 18.8 Å². The molecule has 0 saturated heterocycles. The topological polar surface area (TPSA) is 147 Å². The van der Waals surface area contributed by atoms with Gasteiger partial charge in [0.05, 0.1) is 17.0 Å². The number of aromatic nitrogens is 2. The normalized spacial score (nSPS) is 11.0. The second kappa shape index (κ2) is 10.0. The molecule has 0 saturated carbocycles. The van der Waals surface area contributed by atoms with Crippen LogP contribution in [0, 0.1) is 0 Å². The Kier molecular flexibility index (Phi) is 8.33. The lowest BCUT2D eigenvalue weighted by atomic mass is 10.2. The predicted octanol–water partition coefficient (Wildman–Crippen LogP) is 1.20. The SMILES string of the molecule is CC(C)n1cc(CNC(=O)c2sccc2CN)c(=O)[nH]c1=O.O=C(O)C(F)(F)F. The number of aliphatic carboxylic acids is 1. The van der Waals surface area contributed by atoms with Crippen LogP contribution in [0.4, 0.5) is 13.2 Å². The molecule has 2 aromatic rings. The quantitative estimate of drug-likeness (QED) is 0.554. The number of rotatable bonds is 5. The molecule has 0 fully saturated rings. The zero-order valence-electron chi connectivity index (χ0n) is 15.4. The number of carbonyl (C=O) groups excluding carboxylic acids is 1. The third-order valence-corrected chi connectivity index (χ3v) is 4.41. The first kappa shape index (κ1) is 24.1. The molecular weight excluding hydrogens is 417 g/mol. The highest BCUT2D eigenvalue weighted by atomic mass is 32.1. The Bertz CT molecular complexity index is 978. The van der Waals surface area contributed by atoms with Crippen molar-refractivity contribution in [2.75, 3.05) is 0 Å². The molecule has 2 rings (SSSR count). The number of halogens is 3. The summed E-state index contributed by atoms with van der Waals surface area (Å²) in [6.45, 7) is 4.00. The maximum atomic E-state index is 12.1. The molecule has 0 unspecified atom stereocenters. The molecule has 0 radical (unpaired) electrons. The van der Waals surface area contributed by atoms with Crippen molar-refractivity contribution in [1.82, 2.24) is 14.9 Å². The number of amides is 1. The van der Waals surface area contributed by atoms with Gasteiger partial charge in [-0.05, 0) is 30.9 Å². The largest absolute Gasteiger partial charge is 0.490 e. The molecule has 29 heavy (non-hydrogen) atoms. The number of carboxylic acids is 1. The summed E-state index contributed by atoms with van der Waals surface area (Å²) >= 11 is 1.30. The summed E-state index contributed by atoms with van der Waals surface area (Å²) in [5.74, 6) is -3.04. The van der Waals surface area contributed by atoms with Crippen LogP contribution in [0.3, 0.4) is 0 Å². The summed E-state index contributed by atoms with van der Waals surface area (Å²) in [6, 6.07) is 1.71. The van der Waals surface area contributed by atoms with Gasteiger partial charge in [-0.3, -0.25) is 19.1 Å². The zero-order chi connectivity index (χ0) is 22.4. The highest BCUT2D eigenvalue weighted by molar-refractivity contribution is 7.12. The molecule has 0 bridgehead atoms. The van der Waals surface area contributed by atoms with E-state index in [0.717, 1.165) is 5.56 Å². The van der Waals surface area contributed by atoms with E-state index in [4.69, 9.17) is 15.6 Å². The molecule has 2 heterocycles. The number of carbonyl (C=O) groups is 2. The monoisotopic (exact) mass is 436 g/mol. The molecule has 5 N–H and O–H groups in total. The third-order valence-electron chi connectivity index (χ3n) is 3.45. The maximum absolute atomic E-state index is 12.1. The number of thiophene rings is 1. The molecule has 2 aromatic heterocycles. The predicted molar refractivity (Wildman–Crippen MR) is 98.8 cm³/mol. The molecule has 160 valence electrons. The van der Waals surface area contributed by atoms with Crippen molar-refractivity contribution in [2.45, 2.75) is 39.2 Å². The lowest BCUT2D eigenvalue weighted by molar-refractivity contribution is -0.192. The number of hydrogen-bond donors (Lipinski definition) is 4. The van der Waals surface area contributed by atoms with Gasteiger partial charge in [0.2, 0.25) is 0 Å². The highest BCUT2D eigenvalue weighted by Gasteiger charge is 2.38. The Hall–Kier alpha value is -2.93. The van der Waals surface area contributed by atoms with Gasteiger partial charge in [0.25, 0.3) is 11.5 Å². The Morgan fingerprint density at radius 3 is 2.38 bits per heavy atom. The Morgan fingerprint density at radius 1 is 1.31 bits per heavy atom. The molecule has 0 aliphatic rings.